The average Bonchev–Trinajstić information content (AvgIpc) is 3.11. The van der Waals surface area contributed by atoms with Crippen molar-refractivity contribution in [3.05, 3.63) is 74.7 Å². The summed E-state index contributed by atoms with van der Waals surface area (Å²) in [4.78, 5) is 50.6. The third-order valence-corrected chi connectivity index (χ3v) is 6.14. The number of carbonyl (C=O) groups excluding carboxylic acids is 3. The van der Waals surface area contributed by atoms with Gasteiger partial charge in [0.2, 0.25) is 5.91 Å². The number of nitrogens with zero attached hydrogens (tertiary/aromatic N) is 3. The second-order valence-corrected chi connectivity index (χ2v) is 8.54. The van der Waals surface area contributed by atoms with E-state index in [1.54, 1.807) is 47.4 Å². The standard InChI is InChI=1S/C23H21N3O7S/c27-21(24-8-10-32-11-9-24)14-25-22(28)20(34-23(25)29)13-16-4-6-19(7-5-16)33-15-17-2-1-3-18(12-17)26(30)31/h1-7,12-13H,8-11,14-15H2/b20-13+. The van der Waals surface area contributed by atoms with E-state index in [0.717, 1.165) is 16.7 Å². The Hall–Kier alpha value is -3.70. The molecule has 0 bridgehead atoms. The number of nitro groups is 1. The number of benzene rings is 2. The van der Waals surface area contributed by atoms with E-state index in [9.17, 15) is 24.5 Å². The predicted molar refractivity (Wildman–Crippen MR) is 124 cm³/mol. The van der Waals surface area contributed by atoms with Gasteiger partial charge < -0.3 is 14.4 Å². The molecule has 0 saturated carbocycles. The highest BCUT2D eigenvalue weighted by molar-refractivity contribution is 8.18. The highest BCUT2D eigenvalue weighted by Gasteiger charge is 2.37. The Bertz CT molecular complexity index is 1140. The lowest BCUT2D eigenvalue weighted by Gasteiger charge is -2.28. The number of imide groups is 1. The lowest BCUT2D eigenvalue weighted by Crippen LogP contribution is -2.46. The normalized spacial score (nSPS) is 17.4. The summed E-state index contributed by atoms with van der Waals surface area (Å²) >= 11 is 0.797. The first-order chi connectivity index (χ1) is 16.4. The molecule has 0 aromatic heterocycles. The third kappa shape index (κ3) is 5.61. The maximum atomic E-state index is 12.7. The van der Waals surface area contributed by atoms with Crippen molar-refractivity contribution >= 4 is 40.6 Å². The number of rotatable bonds is 7. The summed E-state index contributed by atoms with van der Waals surface area (Å²) in [6.45, 7) is 1.65. The van der Waals surface area contributed by atoms with Crippen LogP contribution in [-0.4, -0.2) is 64.6 Å². The van der Waals surface area contributed by atoms with Gasteiger partial charge in [0.1, 0.15) is 18.9 Å². The van der Waals surface area contributed by atoms with Crippen LogP contribution in [0.2, 0.25) is 0 Å². The summed E-state index contributed by atoms with van der Waals surface area (Å²) in [6.07, 6.45) is 1.59. The molecule has 0 radical (unpaired) electrons. The molecule has 2 fully saturated rings. The number of hydrogen-bond acceptors (Lipinski definition) is 8. The van der Waals surface area contributed by atoms with Gasteiger partial charge in [-0.1, -0.05) is 24.3 Å². The summed E-state index contributed by atoms with van der Waals surface area (Å²) in [6, 6.07) is 13.1. The Morgan fingerprint density at radius 3 is 2.59 bits per heavy atom. The van der Waals surface area contributed by atoms with Gasteiger partial charge in [-0.3, -0.25) is 29.4 Å². The van der Waals surface area contributed by atoms with Gasteiger partial charge in [0.25, 0.3) is 16.8 Å². The van der Waals surface area contributed by atoms with E-state index in [1.807, 2.05) is 0 Å². The van der Waals surface area contributed by atoms with Crippen molar-refractivity contribution in [2.24, 2.45) is 0 Å². The van der Waals surface area contributed by atoms with Crippen molar-refractivity contribution in [1.29, 1.82) is 0 Å². The van der Waals surface area contributed by atoms with Gasteiger partial charge in [0, 0.05) is 25.2 Å². The molecule has 0 spiro atoms. The zero-order valence-corrected chi connectivity index (χ0v) is 18.9. The van der Waals surface area contributed by atoms with Crippen LogP contribution < -0.4 is 4.74 Å². The molecule has 4 rings (SSSR count). The maximum Gasteiger partial charge on any atom is 0.294 e. The molecular weight excluding hydrogens is 462 g/mol. The van der Waals surface area contributed by atoms with E-state index in [2.05, 4.69) is 0 Å². The van der Waals surface area contributed by atoms with Crippen LogP contribution in [-0.2, 0) is 20.9 Å². The molecule has 176 valence electrons. The number of morpholine rings is 1. The summed E-state index contributed by atoms with van der Waals surface area (Å²) < 4.78 is 10.9. The third-order valence-electron chi connectivity index (χ3n) is 5.24. The van der Waals surface area contributed by atoms with E-state index in [-0.39, 0.29) is 29.7 Å². The molecule has 11 heteroatoms. The molecule has 34 heavy (non-hydrogen) atoms. The van der Waals surface area contributed by atoms with Crippen LogP contribution in [0.15, 0.2) is 53.4 Å². The number of nitro benzene ring substituents is 1. The molecule has 0 aliphatic carbocycles. The van der Waals surface area contributed by atoms with Crippen molar-refractivity contribution in [3.8, 4) is 5.75 Å². The Morgan fingerprint density at radius 2 is 1.88 bits per heavy atom. The second kappa shape index (κ2) is 10.5. The summed E-state index contributed by atoms with van der Waals surface area (Å²) in [7, 11) is 0. The van der Waals surface area contributed by atoms with Gasteiger partial charge in [0.15, 0.2) is 0 Å². The van der Waals surface area contributed by atoms with Crippen LogP contribution >= 0.6 is 11.8 Å². The fourth-order valence-corrected chi connectivity index (χ4v) is 4.26. The number of non-ortho nitro benzene ring substituents is 1. The van der Waals surface area contributed by atoms with Gasteiger partial charge >= 0.3 is 0 Å². The largest absolute Gasteiger partial charge is 0.489 e. The number of carbonyl (C=O) groups is 3. The zero-order valence-electron chi connectivity index (χ0n) is 18.0. The molecule has 2 aliphatic rings. The first kappa shape index (κ1) is 23.5. The van der Waals surface area contributed by atoms with Crippen molar-refractivity contribution in [3.63, 3.8) is 0 Å². The minimum Gasteiger partial charge on any atom is -0.489 e. The van der Waals surface area contributed by atoms with E-state index in [1.165, 1.54) is 12.1 Å². The summed E-state index contributed by atoms with van der Waals surface area (Å²) in [5, 5.41) is 10.4. The van der Waals surface area contributed by atoms with E-state index in [0.29, 0.717) is 43.2 Å². The minimum atomic E-state index is -0.498. The first-order valence-electron chi connectivity index (χ1n) is 10.5. The SMILES string of the molecule is O=C(CN1C(=O)S/C(=C/c2ccc(OCc3cccc([N+](=O)[O-])c3)cc2)C1=O)N1CCOCC1. The Morgan fingerprint density at radius 1 is 1.15 bits per heavy atom. The average molecular weight is 484 g/mol. The predicted octanol–water partition coefficient (Wildman–Crippen LogP) is 3.07. The van der Waals surface area contributed by atoms with Crippen molar-refractivity contribution < 1.29 is 28.8 Å². The van der Waals surface area contributed by atoms with Gasteiger partial charge in [0.05, 0.1) is 23.0 Å². The second-order valence-electron chi connectivity index (χ2n) is 7.55. The van der Waals surface area contributed by atoms with Crippen molar-refractivity contribution in [1.82, 2.24) is 9.80 Å². The fraction of sp³-hybridized carbons (Fsp3) is 0.261. The van der Waals surface area contributed by atoms with Crippen LogP contribution in [0.5, 0.6) is 5.75 Å². The Labute approximate surface area is 199 Å². The van der Waals surface area contributed by atoms with Crippen LogP contribution in [0, 0.1) is 10.1 Å². The summed E-state index contributed by atoms with van der Waals surface area (Å²) in [5.41, 5.74) is 1.35. The Balaban J connectivity index is 1.36. The molecule has 3 amide bonds. The van der Waals surface area contributed by atoms with Crippen molar-refractivity contribution in [2.45, 2.75) is 6.61 Å². The van der Waals surface area contributed by atoms with Crippen molar-refractivity contribution in [2.75, 3.05) is 32.8 Å². The lowest BCUT2D eigenvalue weighted by atomic mass is 10.2. The highest BCUT2D eigenvalue weighted by Crippen LogP contribution is 2.32. The zero-order chi connectivity index (χ0) is 24.1. The van der Waals surface area contributed by atoms with Gasteiger partial charge in [-0.05, 0) is 41.1 Å². The summed E-state index contributed by atoms with van der Waals surface area (Å²) in [5.74, 6) is -0.229. The highest BCUT2D eigenvalue weighted by atomic mass is 32.2. The van der Waals surface area contributed by atoms with E-state index in [4.69, 9.17) is 9.47 Å². The molecule has 2 aromatic rings. The molecule has 2 heterocycles. The maximum absolute atomic E-state index is 12.7. The van der Waals surface area contributed by atoms with Crippen LogP contribution in [0.4, 0.5) is 10.5 Å². The van der Waals surface area contributed by atoms with E-state index < -0.39 is 16.1 Å². The topological polar surface area (TPSA) is 119 Å². The molecule has 0 N–H and O–H groups in total. The minimum absolute atomic E-state index is 0.00274. The lowest BCUT2D eigenvalue weighted by molar-refractivity contribution is -0.384. The van der Waals surface area contributed by atoms with Crippen LogP contribution in [0.1, 0.15) is 11.1 Å². The quantitative estimate of drug-likeness (QED) is 0.335. The van der Waals surface area contributed by atoms with Gasteiger partial charge in [-0.25, -0.2) is 0 Å². The smallest absolute Gasteiger partial charge is 0.294 e. The number of thioether (sulfide) groups is 1. The monoisotopic (exact) mass is 483 g/mol. The first-order valence-corrected chi connectivity index (χ1v) is 11.3. The van der Waals surface area contributed by atoms with E-state index >= 15 is 0 Å². The molecule has 10 nitrogen and oxygen atoms in total. The molecule has 2 aromatic carbocycles. The molecule has 0 atom stereocenters. The molecular formula is C23H21N3O7S. The number of amides is 3. The van der Waals surface area contributed by atoms with Gasteiger partial charge in [-0.15, -0.1) is 0 Å². The number of hydrogen-bond donors (Lipinski definition) is 0. The van der Waals surface area contributed by atoms with Crippen LogP contribution in [0.25, 0.3) is 6.08 Å². The molecule has 2 aliphatic heterocycles. The molecule has 0 unspecified atom stereocenters. The number of ether oxygens (including phenoxy) is 2. The van der Waals surface area contributed by atoms with Crippen LogP contribution in [0.3, 0.4) is 0 Å². The molecule has 2 saturated heterocycles. The fourth-order valence-electron chi connectivity index (χ4n) is 3.42. The Kier molecular flexibility index (Phi) is 7.24. The van der Waals surface area contributed by atoms with Gasteiger partial charge in [-0.2, -0.15) is 0 Å².